The summed E-state index contributed by atoms with van der Waals surface area (Å²) in [7, 11) is 0. The number of nitrogens with one attached hydrogen (secondary N) is 2. The van der Waals surface area contributed by atoms with Crippen molar-refractivity contribution in [2.24, 2.45) is 0 Å². The molecule has 0 bridgehead atoms. The average Bonchev–Trinajstić information content (AvgIpc) is 3.26. The highest BCUT2D eigenvalue weighted by Gasteiger charge is 2.50. The summed E-state index contributed by atoms with van der Waals surface area (Å²) >= 11 is 0. The Morgan fingerprint density at radius 1 is 0.976 bits per heavy atom. The molecule has 0 saturated carbocycles. The van der Waals surface area contributed by atoms with Gasteiger partial charge >= 0.3 is 6.18 Å². The van der Waals surface area contributed by atoms with E-state index in [1.54, 1.807) is 0 Å². The van der Waals surface area contributed by atoms with Gasteiger partial charge < -0.3 is 15.5 Å². The fourth-order valence-corrected chi connectivity index (χ4v) is 6.21. The number of unbranched alkanes of at least 4 members (excludes halogenated alkanes) is 1. The molecule has 2 amide bonds. The van der Waals surface area contributed by atoms with Gasteiger partial charge in [-0.1, -0.05) is 55.8 Å². The van der Waals surface area contributed by atoms with Crippen molar-refractivity contribution >= 4 is 17.4 Å². The number of hydrogen-bond acceptors (Lipinski definition) is 3. The smallest absolute Gasteiger partial charge is 0.352 e. The molecule has 0 saturated heterocycles. The molecule has 1 unspecified atom stereocenters. The molecule has 1 atom stereocenters. The molecule has 0 heterocycles. The lowest BCUT2D eigenvalue weighted by molar-refractivity contribution is -0.141. The Balaban J connectivity index is 1.35. The minimum absolute atomic E-state index is 0.0717. The van der Waals surface area contributed by atoms with E-state index in [1.165, 1.54) is 0 Å². The summed E-state index contributed by atoms with van der Waals surface area (Å²) in [6.07, 6.45) is 3.89. The van der Waals surface area contributed by atoms with Gasteiger partial charge in [0, 0.05) is 12.1 Å². The Hall–Kier alpha value is -3.39. The first-order chi connectivity index (χ1) is 20.1. The van der Waals surface area contributed by atoms with Gasteiger partial charge in [-0.25, -0.2) is 0 Å². The number of allylic oxidation sites excluding steroid dienone is 3. The second kappa shape index (κ2) is 13.7. The number of benzene rings is 2. The topological polar surface area (TPSA) is 61.4 Å². The summed E-state index contributed by atoms with van der Waals surface area (Å²) in [6, 6.07) is 13.4. The quantitative estimate of drug-likeness (QED) is 0.261. The van der Waals surface area contributed by atoms with E-state index in [-0.39, 0.29) is 5.91 Å². The number of carbonyl (C=O) groups is 2. The standard InChI is InChI=1S/C34H42F3N3O2/c1-4-40(21-11-19-38-31(41)26-17-16-24(2)25(3)22-26)20-10-9-18-33(32(42)39-23-34(35,36)37)29-14-7-5-12-27(29)28-13-6-8-15-30(28)33/h5,7-8,12,14-17,22H,4,6,9-11,13,18-21,23H2,1-3H3,(H,38,41)(H,39,42). The van der Waals surface area contributed by atoms with E-state index < -0.39 is 24.0 Å². The van der Waals surface area contributed by atoms with Crippen molar-refractivity contribution in [3.63, 3.8) is 0 Å². The average molecular weight is 582 g/mol. The normalized spacial score (nSPS) is 17.8. The van der Waals surface area contributed by atoms with Crippen LogP contribution in [-0.2, 0) is 10.2 Å². The molecule has 2 aliphatic carbocycles. The van der Waals surface area contributed by atoms with E-state index >= 15 is 0 Å². The molecule has 0 fully saturated rings. The van der Waals surface area contributed by atoms with Gasteiger partial charge in [-0.05, 0) is 111 Å². The first kappa shape index (κ1) is 31.5. The van der Waals surface area contributed by atoms with Crippen molar-refractivity contribution in [1.29, 1.82) is 0 Å². The second-order valence-electron chi connectivity index (χ2n) is 11.4. The zero-order chi connectivity index (χ0) is 30.3. The molecule has 0 aliphatic heterocycles. The van der Waals surface area contributed by atoms with Crippen LogP contribution >= 0.6 is 0 Å². The Kier molecular flexibility index (Phi) is 10.3. The monoisotopic (exact) mass is 581 g/mol. The van der Waals surface area contributed by atoms with Crippen LogP contribution in [0.15, 0.2) is 60.2 Å². The van der Waals surface area contributed by atoms with Gasteiger partial charge in [0.1, 0.15) is 6.54 Å². The minimum Gasteiger partial charge on any atom is -0.352 e. The SMILES string of the molecule is CCN(CCCCC1(C(=O)NCC(F)(F)F)C2=C(CCC=C2)c2ccccc21)CCCNC(=O)c1ccc(C)c(C)c1. The number of fused-ring (bicyclic) bond motifs is 2. The van der Waals surface area contributed by atoms with E-state index in [9.17, 15) is 22.8 Å². The van der Waals surface area contributed by atoms with E-state index in [0.717, 1.165) is 78.7 Å². The molecule has 8 heteroatoms. The van der Waals surface area contributed by atoms with Gasteiger partial charge in [-0.3, -0.25) is 9.59 Å². The zero-order valence-corrected chi connectivity index (χ0v) is 24.9. The number of nitrogens with zero attached hydrogens (tertiary/aromatic N) is 1. The van der Waals surface area contributed by atoms with Crippen molar-refractivity contribution in [2.75, 3.05) is 32.7 Å². The zero-order valence-electron chi connectivity index (χ0n) is 24.9. The highest BCUT2D eigenvalue weighted by atomic mass is 19.4. The van der Waals surface area contributed by atoms with Crippen LogP contribution in [-0.4, -0.2) is 55.6 Å². The maximum atomic E-state index is 13.7. The van der Waals surface area contributed by atoms with Crippen LogP contribution in [0.4, 0.5) is 13.2 Å². The van der Waals surface area contributed by atoms with Crippen LogP contribution in [0, 0.1) is 13.8 Å². The van der Waals surface area contributed by atoms with Gasteiger partial charge in [-0.15, -0.1) is 0 Å². The summed E-state index contributed by atoms with van der Waals surface area (Å²) in [5, 5.41) is 5.23. The molecule has 2 aromatic carbocycles. The molecular formula is C34H42F3N3O2. The maximum absolute atomic E-state index is 13.7. The molecule has 0 aromatic heterocycles. The largest absolute Gasteiger partial charge is 0.405 e. The van der Waals surface area contributed by atoms with Gasteiger partial charge in [0.15, 0.2) is 0 Å². The third-order valence-electron chi connectivity index (χ3n) is 8.61. The number of alkyl halides is 3. The molecule has 2 aromatic rings. The lowest BCUT2D eigenvalue weighted by atomic mass is 9.71. The van der Waals surface area contributed by atoms with E-state index in [2.05, 4.69) is 22.5 Å². The predicted octanol–water partition coefficient (Wildman–Crippen LogP) is 6.65. The molecule has 5 nitrogen and oxygen atoms in total. The molecule has 2 aliphatic rings. The first-order valence-electron chi connectivity index (χ1n) is 15.0. The van der Waals surface area contributed by atoms with Crippen LogP contribution in [0.3, 0.4) is 0 Å². The molecular weight excluding hydrogens is 539 g/mol. The number of halogens is 3. The fourth-order valence-electron chi connectivity index (χ4n) is 6.21. The summed E-state index contributed by atoms with van der Waals surface area (Å²) in [5.74, 6) is -0.645. The first-order valence-corrected chi connectivity index (χ1v) is 15.0. The third-order valence-corrected chi connectivity index (χ3v) is 8.61. The third kappa shape index (κ3) is 7.14. The lowest BCUT2D eigenvalue weighted by Crippen LogP contribution is -2.47. The summed E-state index contributed by atoms with van der Waals surface area (Å²) in [5.41, 5.74) is 5.51. The van der Waals surface area contributed by atoms with Gasteiger partial charge in [-0.2, -0.15) is 13.2 Å². The minimum atomic E-state index is -4.48. The highest BCUT2D eigenvalue weighted by molar-refractivity contribution is 6.01. The maximum Gasteiger partial charge on any atom is 0.405 e. The number of hydrogen-bond donors (Lipinski definition) is 2. The number of rotatable bonds is 13. The van der Waals surface area contributed by atoms with E-state index in [0.29, 0.717) is 24.9 Å². The highest BCUT2D eigenvalue weighted by Crippen LogP contribution is 2.52. The van der Waals surface area contributed by atoms with Crippen molar-refractivity contribution in [3.8, 4) is 0 Å². The van der Waals surface area contributed by atoms with Crippen LogP contribution in [0.25, 0.3) is 5.57 Å². The van der Waals surface area contributed by atoms with Crippen molar-refractivity contribution in [2.45, 2.75) is 70.9 Å². The van der Waals surface area contributed by atoms with Gasteiger partial charge in [0.25, 0.3) is 5.91 Å². The molecule has 0 radical (unpaired) electrons. The Labute approximate surface area is 247 Å². The van der Waals surface area contributed by atoms with Crippen LogP contribution in [0.2, 0.25) is 0 Å². The van der Waals surface area contributed by atoms with E-state index in [1.807, 2.05) is 68.5 Å². The number of amides is 2. The predicted molar refractivity (Wildman–Crippen MR) is 161 cm³/mol. The molecule has 42 heavy (non-hydrogen) atoms. The summed E-state index contributed by atoms with van der Waals surface area (Å²) in [6.45, 7) is 7.83. The molecule has 2 N–H and O–H groups in total. The Morgan fingerprint density at radius 2 is 1.74 bits per heavy atom. The van der Waals surface area contributed by atoms with E-state index in [4.69, 9.17) is 0 Å². The molecule has 0 spiro atoms. The van der Waals surface area contributed by atoms with Gasteiger partial charge in [0.2, 0.25) is 5.91 Å². The Morgan fingerprint density at radius 3 is 2.48 bits per heavy atom. The summed E-state index contributed by atoms with van der Waals surface area (Å²) < 4.78 is 39.3. The Bertz CT molecular complexity index is 1350. The van der Waals surface area contributed by atoms with Crippen LogP contribution in [0.1, 0.15) is 78.1 Å². The number of carbonyl (C=O) groups excluding carboxylic acids is 2. The second-order valence-corrected chi connectivity index (χ2v) is 11.4. The van der Waals surface area contributed by atoms with Crippen LogP contribution in [0.5, 0.6) is 0 Å². The van der Waals surface area contributed by atoms with Crippen molar-refractivity contribution < 1.29 is 22.8 Å². The van der Waals surface area contributed by atoms with Crippen LogP contribution < -0.4 is 10.6 Å². The van der Waals surface area contributed by atoms with Crippen molar-refractivity contribution in [1.82, 2.24) is 15.5 Å². The summed E-state index contributed by atoms with van der Waals surface area (Å²) in [4.78, 5) is 28.5. The fraction of sp³-hybridized carbons (Fsp3) is 0.471. The lowest BCUT2D eigenvalue weighted by Gasteiger charge is -2.33. The van der Waals surface area contributed by atoms with Gasteiger partial charge in [0.05, 0.1) is 5.41 Å². The molecule has 226 valence electrons. The molecule has 4 rings (SSSR count). The number of aryl methyl sites for hydroxylation is 2. The van der Waals surface area contributed by atoms with Crippen molar-refractivity contribution in [3.05, 3.63) is 88.0 Å².